The van der Waals surface area contributed by atoms with Crippen LogP contribution in [0, 0.1) is 24.7 Å². The second-order valence-corrected chi connectivity index (χ2v) is 2.72. The van der Waals surface area contributed by atoms with E-state index >= 15 is 0 Å². The van der Waals surface area contributed by atoms with E-state index in [-0.39, 0.29) is 6.42 Å². The van der Waals surface area contributed by atoms with Gasteiger partial charge >= 0.3 is 0 Å². The predicted molar refractivity (Wildman–Crippen MR) is 49.6 cm³/mol. The predicted octanol–water partition coefficient (Wildman–Crippen LogP) is 0.756. The van der Waals surface area contributed by atoms with Crippen molar-refractivity contribution in [2.75, 3.05) is 0 Å². The van der Waals surface area contributed by atoms with E-state index < -0.39 is 11.9 Å². The average Bonchev–Trinajstić information content (AvgIpc) is 2.12. The summed E-state index contributed by atoms with van der Waals surface area (Å²) >= 11 is 0. The molecule has 1 amide bonds. The largest absolute Gasteiger partial charge is 0.369 e. The number of primary amides is 1. The van der Waals surface area contributed by atoms with Crippen molar-refractivity contribution in [1.29, 1.82) is 0 Å². The van der Waals surface area contributed by atoms with Gasteiger partial charge in [0.25, 0.3) is 0 Å². The Morgan fingerprint density at radius 2 is 2.43 bits per heavy atom. The number of pyridine rings is 1. The highest BCUT2D eigenvalue weighted by atomic mass is 19.1. The van der Waals surface area contributed by atoms with Gasteiger partial charge in [0.05, 0.1) is 6.42 Å². The van der Waals surface area contributed by atoms with Gasteiger partial charge in [0, 0.05) is 17.3 Å². The summed E-state index contributed by atoms with van der Waals surface area (Å²) in [7, 11) is 0. The number of carbonyl (C=O) groups excluding carboxylic acids is 1. The number of halogens is 1. The molecule has 0 atom stereocenters. The Bertz CT molecular complexity index is 418. The summed E-state index contributed by atoms with van der Waals surface area (Å²) in [5, 5.41) is 0. The third-order valence-corrected chi connectivity index (χ3v) is 1.63. The molecule has 0 aliphatic rings. The third kappa shape index (κ3) is 2.56. The Morgan fingerprint density at radius 3 is 3.07 bits per heavy atom. The molecule has 1 aromatic heterocycles. The van der Waals surface area contributed by atoms with E-state index in [0.29, 0.717) is 11.1 Å². The molecule has 0 aliphatic carbocycles. The van der Waals surface area contributed by atoms with Gasteiger partial charge in [-0.05, 0) is 13.0 Å². The molecule has 72 valence electrons. The first-order chi connectivity index (χ1) is 6.61. The van der Waals surface area contributed by atoms with E-state index in [1.54, 1.807) is 13.0 Å². The quantitative estimate of drug-likeness (QED) is 0.527. The van der Waals surface area contributed by atoms with Crippen molar-refractivity contribution in [3.63, 3.8) is 0 Å². The number of aromatic nitrogens is 1. The van der Waals surface area contributed by atoms with Crippen LogP contribution in [0.5, 0.6) is 0 Å². The van der Waals surface area contributed by atoms with E-state index in [2.05, 4.69) is 16.8 Å². The fourth-order valence-electron chi connectivity index (χ4n) is 0.872. The van der Waals surface area contributed by atoms with Crippen LogP contribution in [0.15, 0.2) is 12.3 Å². The molecule has 2 N–H and O–H groups in total. The molecule has 4 heteroatoms. The first kappa shape index (κ1) is 10.2. The minimum atomic E-state index is -0.545. The molecule has 0 saturated heterocycles. The minimum absolute atomic E-state index is 0.0244. The fourth-order valence-corrected chi connectivity index (χ4v) is 0.872. The molecule has 1 aromatic rings. The zero-order valence-corrected chi connectivity index (χ0v) is 7.67. The van der Waals surface area contributed by atoms with Gasteiger partial charge in [-0.1, -0.05) is 11.8 Å². The standard InChI is InChI=1S/C10H9FN2O/c1-7-8(3-2-4-9(12)14)5-6-13-10(7)11/h5-6H,4H2,1H3,(H2,12,14). The third-order valence-electron chi connectivity index (χ3n) is 1.63. The molecule has 0 unspecified atom stereocenters. The summed E-state index contributed by atoms with van der Waals surface area (Å²) in [4.78, 5) is 13.8. The van der Waals surface area contributed by atoms with Gasteiger partial charge in [-0.15, -0.1) is 0 Å². The first-order valence-corrected chi connectivity index (χ1v) is 3.99. The van der Waals surface area contributed by atoms with Crippen molar-refractivity contribution in [2.45, 2.75) is 13.3 Å². The zero-order chi connectivity index (χ0) is 10.6. The molecule has 14 heavy (non-hydrogen) atoms. The van der Waals surface area contributed by atoms with Gasteiger partial charge in [-0.3, -0.25) is 4.79 Å². The lowest BCUT2D eigenvalue weighted by Gasteiger charge is -1.96. The maximum atomic E-state index is 12.9. The summed E-state index contributed by atoms with van der Waals surface area (Å²) in [5.41, 5.74) is 5.80. The maximum absolute atomic E-state index is 12.9. The van der Waals surface area contributed by atoms with Crippen LogP contribution in [0.3, 0.4) is 0 Å². The lowest BCUT2D eigenvalue weighted by Crippen LogP contribution is -2.08. The van der Waals surface area contributed by atoms with E-state index in [1.807, 2.05) is 0 Å². The number of rotatable bonds is 1. The van der Waals surface area contributed by atoms with Crippen molar-refractivity contribution >= 4 is 5.91 Å². The van der Waals surface area contributed by atoms with Crippen molar-refractivity contribution in [3.8, 4) is 11.8 Å². The highest BCUT2D eigenvalue weighted by Gasteiger charge is 2.00. The molecule has 0 bridgehead atoms. The summed E-state index contributed by atoms with van der Waals surface area (Å²) in [5.74, 6) is 4.16. The molecule has 0 spiro atoms. The van der Waals surface area contributed by atoms with Gasteiger partial charge < -0.3 is 5.73 Å². The average molecular weight is 192 g/mol. The van der Waals surface area contributed by atoms with Crippen LogP contribution in [0.4, 0.5) is 4.39 Å². The van der Waals surface area contributed by atoms with Gasteiger partial charge in [0.15, 0.2) is 0 Å². The molecule has 0 radical (unpaired) electrons. The van der Waals surface area contributed by atoms with E-state index in [0.717, 1.165) is 0 Å². The molecular weight excluding hydrogens is 183 g/mol. The molecule has 0 aromatic carbocycles. The number of hydrogen-bond acceptors (Lipinski definition) is 2. The second-order valence-electron chi connectivity index (χ2n) is 2.72. The topological polar surface area (TPSA) is 56.0 Å². The monoisotopic (exact) mass is 192 g/mol. The van der Waals surface area contributed by atoms with Crippen molar-refractivity contribution < 1.29 is 9.18 Å². The fraction of sp³-hybridized carbons (Fsp3) is 0.200. The second kappa shape index (κ2) is 4.38. The van der Waals surface area contributed by atoms with E-state index in [9.17, 15) is 9.18 Å². The molecule has 0 fully saturated rings. The molecule has 1 heterocycles. The SMILES string of the molecule is Cc1c(C#CCC(N)=O)ccnc1F. The van der Waals surface area contributed by atoms with Crippen LogP contribution in [-0.4, -0.2) is 10.9 Å². The Labute approximate surface area is 81.1 Å². The smallest absolute Gasteiger partial charge is 0.229 e. The van der Waals surface area contributed by atoms with E-state index in [4.69, 9.17) is 5.73 Å². The lowest BCUT2D eigenvalue weighted by atomic mass is 10.1. The number of nitrogens with two attached hydrogens (primary N) is 1. The van der Waals surface area contributed by atoms with Gasteiger partial charge in [-0.25, -0.2) is 4.98 Å². The van der Waals surface area contributed by atoms with Crippen LogP contribution >= 0.6 is 0 Å². The Kier molecular flexibility index (Phi) is 3.19. The molecule has 0 aliphatic heterocycles. The summed E-state index contributed by atoms with van der Waals surface area (Å²) in [6.45, 7) is 1.58. The summed E-state index contributed by atoms with van der Waals surface area (Å²) in [6.07, 6.45) is 1.31. The van der Waals surface area contributed by atoms with Crippen molar-refractivity contribution in [1.82, 2.24) is 4.98 Å². The van der Waals surface area contributed by atoms with Crippen LogP contribution < -0.4 is 5.73 Å². The molecule has 1 rings (SSSR count). The van der Waals surface area contributed by atoms with Gasteiger partial charge in [0.1, 0.15) is 0 Å². The Morgan fingerprint density at radius 1 is 1.71 bits per heavy atom. The highest BCUT2D eigenvalue weighted by molar-refractivity contribution is 5.76. The van der Waals surface area contributed by atoms with Gasteiger partial charge in [0.2, 0.25) is 11.9 Å². The number of hydrogen-bond donors (Lipinski definition) is 1. The molecule has 3 nitrogen and oxygen atoms in total. The lowest BCUT2D eigenvalue weighted by molar-refractivity contribution is -0.117. The molecule has 0 saturated carbocycles. The number of carbonyl (C=O) groups is 1. The van der Waals surface area contributed by atoms with Crippen molar-refractivity contribution in [2.24, 2.45) is 5.73 Å². The first-order valence-electron chi connectivity index (χ1n) is 3.99. The Hall–Kier alpha value is -1.89. The zero-order valence-electron chi connectivity index (χ0n) is 7.67. The van der Waals surface area contributed by atoms with Crippen LogP contribution in [0.25, 0.3) is 0 Å². The molecular formula is C10H9FN2O. The Balaban J connectivity index is 2.90. The summed E-state index contributed by atoms with van der Waals surface area (Å²) in [6, 6.07) is 1.59. The summed E-state index contributed by atoms with van der Waals surface area (Å²) < 4.78 is 12.9. The van der Waals surface area contributed by atoms with Crippen LogP contribution in [0.1, 0.15) is 17.5 Å². The number of nitrogens with zero attached hydrogens (tertiary/aromatic N) is 1. The van der Waals surface area contributed by atoms with Gasteiger partial charge in [-0.2, -0.15) is 4.39 Å². The normalized spacial score (nSPS) is 9.00. The number of amides is 1. The van der Waals surface area contributed by atoms with Crippen LogP contribution in [0.2, 0.25) is 0 Å². The minimum Gasteiger partial charge on any atom is -0.369 e. The van der Waals surface area contributed by atoms with Crippen LogP contribution in [-0.2, 0) is 4.79 Å². The highest BCUT2D eigenvalue weighted by Crippen LogP contribution is 2.07. The maximum Gasteiger partial charge on any atom is 0.229 e. The van der Waals surface area contributed by atoms with E-state index in [1.165, 1.54) is 6.20 Å². The van der Waals surface area contributed by atoms with Crippen molar-refractivity contribution in [3.05, 3.63) is 29.3 Å².